The smallest absolute Gasteiger partial charge is 0.410 e. The van der Waals surface area contributed by atoms with E-state index in [0.29, 0.717) is 0 Å². The molecule has 1 atom stereocenters. The highest BCUT2D eigenvalue weighted by Crippen LogP contribution is 2.48. The summed E-state index contributed by atoms with van der Waals surface area (Å²) in [4.78, 5) is 14.3. The number of rotatable bonds is 1. The van der Waals surface area contributed by atoms with Crippen LogP contribution in [-0.2, 0) is 10.2 Å². The molecule has 0 radical (unpaired) electrons. The number of ether oxygens (including phenoxy) is 1. The van der Waals surface area contributed by atoms with Crippen LogP contribution in [-0.4, -0.2) is 29.7 Å². The molecule has 1 unspecified atom stereocenters. The van der Waals surface area contributed by atoms with Crippen LogP contribution in [0.4, 0.5) is 4.79 Å². The summed E-state index contributed by atoms with van der Waals surface area (Å²) in [5, 5.41) is 0. The largest absolute Gasteiger partial charge is 0.444 e. The maximum absolute atomic E-state index is 12.4. The number of benzene rings is 1. The van der Waals surface area contributed by atoms with Crippen molar-refractivity contribution in [2.24, 2.45) is 5.41 Å². The van der Waals surface area contributed by atoms with Gasteiger partial charge in [-0.05, 0) is 38.2 Å². The van der Waals surface area contributed by atoms with Crippen LogP contribution in [0.1, 0.15) is 53.5 Å². The zero-order valence-electron chi connectivity index (χ0n) is 14.8. The zero-order valence-corrected chi connectivity index (χ0v) is 14.8. The molecule has 1 saturated heterocycles. The molecule has 2 rings (SSSR count). The fourth-order valence-corrected chi connectivity index (χ4v) is 3.33. The minimum atomic E-state index is -0.448. The molecule has 0 bridgehead atoms. The van der Waals surface area contributed by atoms with Gasteiger partial charge in [0.1, 0.15) is 5.60 Å². The van der Waals surface area contributed by atoms with Gasteiger partial charge in [-0.2, -0.15) is 0 Å². The van der Waals surface area contributed by atoms with Crippen LogP contribution in [0.3, 0.4) is 0 Å². The fraction of sp³-hybridized carbons (Fsp3) is 0.632. The first-order chi connectivity index (χ1) is 10.1. The van der Waals surface area contributed by atoms with Crippen LogP contribution >= 0.6 is 0 Å². The van der Waals surface area contributed by atoms with E-state index in [1.807, 2.05) is 31.7 Å². The molecule has 1 aliphatic rings. The Morgan fingerprint density at radius 3 is 2.18 bits per heavy atom. The van der Waals surface area contributed by atoms with Crippen LogP contribution in [0.2, 0.25) is 0 Å². The Morgan fingerprint density at radius 1 is 1.09 bits per heavy atom. The van der Waals surface area contributed by atoms with E-state index < -0.39 is 5.60 Å². The van der Waals surface area contributed by atoms with E-state index >= 15 is 0 Å². The van der Waals surface area contributed by atoms with Crippen molar-refractivity contribution in [2.45, 2.75) is 59.0 Å². The third kappa shape index (κ3) is 3.29. The predicted molar refractivity (Wildman–Crippen MR) is 90.0 cm³/mol. The van der Waals surface area contributed by atoms with E-state index in [9.17, 15) is 4.79 Å². The van der Waals surface area contributed by atoms with Crippen LogP contribution in [0.5, 0.6) is 0 Å². The first kappa shape index (κ1) is 16.9. The van der Waals surface area contributed by atoms with Crippen LogP contribution < -0.4 is 0 Å². The van der Waals surface area contributed by atoms with Gasteiger partial charge in [0.25, 0.3) is 0 Å². The Morgan fingerprint density at radius 2 is 1.68 bits per heavy atom. The van der Waals surface area contributed by atoms with Crippen molar-refractivity contribution in [2.75, 3.05) is 13.1 Å². The topological polar surface area (TPSA) is 29.5 Å². The molecule has 1 amide bonds. The zero-order chi connectivity index (χ0) is 16.6. The highest BCUT2D eigenvalue weighted by molar-refractivity contribution is 5.69. The van der Waals surface area contributed by atoms with Crippen LogP contribution in [0.25, 0.3) is 0 Å². The standard InChI is InChI=1S/C19H29NO2/c1-17(2,3)19(15-10-8-7-9-11-15)12-13-20(14-19)16(21)22-18(4,5)6/h7-11H,12-14H2,1-6H3. The first-order valence-corrected chi connectivity index (χ1v) is 8.09. The summed E-state index contributed by atoms with van der Waals surface area (Å²) in [7, 11) is 0. The molecule has 0 saturated carbocycles. The quantitative estimate of drug-likeness (QED) is 0.758. The highest BCUT2D eigenvalue weighted by atomic mass is 16.6. The predicted octanol–water partition coefficient (Wildman–Crippen LogP) is 4.61. The molecule has 1 aliphatic heterocycles. The molecule has 0 aliphatic carbocycles. The van der Waals surface area contributed by atoms with Gasteiger partial charge >= 0.3 is 6.09 Å². The first-order valence-electron chi connectivity index (χ1n) is 8.09. The number of nitrogens with zero attached hydrogens (tertiary/aromatic N) is 1. The summed E-state index contributed by atoms with van der Waals surface area (Å²) in [5.41, 5.74) is 0.918. The average molecular weight is 303 g/mol. The molecular formula is C19H29NO2. The van der Waals surface area contributed by atoms with Crippen molar-refractivity contribution in [3.05, 3.63) is 35.9 Å². The van der Waals surface area contributed by atoms with E-state index in [0.717, 1.165) is 19.5 Å². The average Bonchev–Trinajstić information content (AvgIpc) is 2.83. The van der Waals surface area contributed by atoms with Gasteiger partial charge < -0.3 is 9.64 Å². The van der Waals surface area contributed by atoms with E-state index in [1.54, 1.807) is 0 Å². The molecule has 1 aromatic rings. The Bertz CT molecular complexity index is 525. The van der Waals surface area contributed by atoms with Crippen molar-refractivity contribution in [3.63, 3.8) is 0 Å². The maximum Gasteiger partial charge on any atom is 0.410 e. The minimum absolute atomic E-state index is 0.0227. The molecule has 0 spiro atoms. The third-order valence-corrected chi connectivity index (χ3v) is 4.68. The minimum Gasteiger partial charge on any atom is -0.444 e. The molecule has 0 aromatic heterocycles. The van der Waals surface area contributed by atoms with Crippen molar-refractivity contribution in [1.29, 1.82) is 0 Å². The Kier molecular flexibility index (Phi) is 4.29. The lowest BCUT2D eigenvalue weighted by molar-refractivity contribution is 0.0267. The molecule has 3 heteroatoms. The lowest BCUT2D eigenvalue weighted by atomic mass is 9.62. The number of carbonyl (C=O) groups is 1. The normalized spacial score (nSPS) is 22.7. The van der Waals surface area contributed by atoms with Gasteiger partial charge in [-0.3, -0.25) is 0 Å². The lowest BCUT2D eigenvalue weighted by Gasteiger charge is -2.42. The van der Waals surface area contributed by atoms with E-state index in [4.69, 9.17) is 4.74 Å². The second-order valence-corrected chi connectivity index (χ2v) is 8.35. The van der Waals surface area contributed by atoms with Gasteiger partial charge in [-0.1, -0.05) is 51.1 Å². The van der Waals surface area contributed by atoms with Crippen molar-refractivity contribution in [3.8, 4) is 0 Å². The van der Waals surface area contributed by atoms with Gasteiger partial charge in [0.15, 0.2) is 0 Å². The third-order valence-electron chi connectivity index (χ3n) is 4.68. The molecule has 3 nitrogen and oxygen atoms in total. The van der Waals surface area contributed by atoms with E-state index in [-0.39, 0.29) is 16.9 Å². The number of hydrogen-bond donors (Lipinski definition) is 0. The monoisotopic (exact) mass is 303 g/mol. The highest BCUT2D eigenvalue weighted by Gasteiger charge is 2.49. The van der Waals surface area contributed by atoms with Crippen molar-refractivity contribution >= 4 is 6.09 Å². The number of hydrogen-bond acceptors (Lipinski definition) is 2. The van der Waals surface area contributed by atoms with E-state index in [1.165, 1.54) is 5.56 Å². The van der Waals surface area contributed by atoms with Gasteiger partial charge in [0.2, 0.25) is 0 Å². The summed E-state index contributed by atoms with van der Waals surface area (Å²) in [6.45, 7) is 14.0. The molecule has 1 heterocycles. The summed E-state index contributed by atoms with van der Waals surface area (Å²) < 4.78 is 5.55. The maximum atomic E-state index is 12.4. The molecule has 0 N–H and O–H groups in total. The van der Waals surface area contributed by atoms with Gasteiger partial charge in [0, 0.05) is 18.5 Å². The second-order valence-electron chi connectivity index (χ2n) is 8.35. The molecule has 122 valence electrons. The summed E-state index contributed by atoms with van der Waals surface area (Å²) in [6, 6.07) is 10.6. The molecule has 22 heavy (non-hydrogen) atoms. The van der Waals surface area contributed by atoms with E-state index in [2.05, 4.69) is 45.0 Å². The SMILES string of the molecule is CC(C)(C)OC(=O)N1CCC(c2ccccc2)(C(C)(C)C)C1. The summed E-state index contributed by atoms with van der Waals surface area (Å²) in [6.07, 6.45) is 0.772. The van der Waals surface area contributed by atoms with Gasteiger partial charge in [-0.15, -0.1) is 0 Å². The molecule has 1 aromatic carbocycles. The fourth-order valence-electron chi connectivity index (χ4n) is 3.33. The molecular weight excluding hydrogens is 274 g/mol. The summed E-state index contributed by atoms with van der Waals surface area (Å²) >= 11 is 0. The Balaban J connectivity index is 2.27. The Hall–Kier alpha value is -1.51. The second kappa shape index (κ2) is 5.60. The molecule has 1 fully saturated rings. The summed E-state index contributed by atoms with van der Waals surface area (Å²) in [5.74, 6) is 0. The van der Waals surface area contributed by atoms with Gasteiger partial charge in [0.05, 0.1) is 0 Å². The number of carbonyl (C=O) groups excluding carboxylic acids is 1. The van der Waals surface area contributed by atoms with Crippen LogP contribution in [0, 0.1) is 5.41 Å². The lowest BCUT2D eigenvalue weighted by Crippen LogP contribution is -2.44. The number of likely N-dealkylation sites (tertiary alicyclic amines) is 1. The Labute approximate surface area is 134 Å². The van der Waals surface area contributed by atoms with Crippen molar-refractivity contribution < 1.29 is 9.53 Å². The van der Waals surface area contributed by atoms with Crippen LogP contribution in [0.15, 0.2) is 30.3 Å². The van der Waals surface area contributed by atoms with Crippen molar-refractivity contribution in [1.82, 2.24) is 4.90 Å². The van der Waals surface area contributed by atoms with Gasteiger partial charge in [-0.25, -0.2) is 4.79 Å². The number of amides is 1.